The van der Waals surface area contributed by atoms with Gasteiger partial charge in [-0.25, -0.2) is 0 Å². The first-order chi connectivity index (χ1) is 37.0. The van der Waals surface area contributed by atoms with Gasteiger partial charge in [-0.15, -0.1) is 0 Å². The molecule has 0 N–H and O–H groups in total. The van der Waals surface area contributed by atoms with E-state index in [0.717, 1.165) is 93.2 Å². The molecule has 0 spiro atoms. The van der Waals surface area contributed by atoms with Crippen LogP contribution in [-0.2, 0) is 25.7 Å². The average molecular weight is 1050 g/mol. The van der Waals surface area contributed by atoms with Crippen LogP contribution in [0.2, 0.25) is 0 Å². The Morgan fingerprint density at radius 3 is 0.867 bits per heavy atom. The van der Waals surface area contributed by atoms with Gasteiger partial charge in [-0.2, -0.15) is 15.0 Å². The van der Waals surface area contributed by atoms with Crippen LogP contribution in [0.5, 0.6) is 0 Å². The van der Waals surface area contributed by atoms with Crippen molar-refractivity contribution in [3.05, 3.63) is 95.1 Å². The molecular weight excluding hydrogens is 953 g/mol. The maximum Gasteiger partial charge on any atom is 0.241 e. The van der Waals surface area contributed by atoms with Crippen molar-refractivity contribution in [1.29, 1.82) is 0 Å². The summed E-state index contributed by atoms with van der Waals surface area (Å²) in [6.07, 6.45) is 40.3. The Morgan fingerprint density at radius 2 is 0.587 bits per heavy atom. The third kappa shape index (κ3) is 17.5. The number of rotatable bonds is 37. The molecule has 0 saturated heterocycles. The van der Waals surface area contributed by atoms with E-state index in [4.69, 9.17) is 15.0 Å². The lowest BCUT2D eigenvalue weighted by Crippen LogP contribution is -2.30. The highest BCUT2D eigenvalue weighted by Gasteiger charge is 2.33. The smallest absolute Gasteiger partial charge is 0.241 e. The van der Waals surface area contributed by atoms with E-state index in [-0.39, 0.29) is 0 Å². The largest absolute Gasteiger partial charge is 0.341 e. The molecule has 0 saturated carbocycles. The van der Waals surface area contributed by atoms with Crippen molar-refractivity contribution >= 4 is 64.1 Å². The van der Waals surface area contributed by atoms with Crippen LogP contribution in [0.3, 0.4) is 0 Å². The van der Waals surface area contributed by atoms with E-state index in [1.807, 2.05) is 23.5 Å². The molecule has 7 rings (SSSR count). The minimum absolute atomic E-state index is 0.698. The van der Waals surface area contributed by atoms with Crippen LogP contribution in [0.1, 0.15) is 244 Å². The van der Waals surface area contributed by atoms with E-state index in [1.54, 1.807) is 0 Å². The van der Waals surface area contributed by atoms with Gasteiger partial charge in [0, 0.05) is 32.7 Å². The zero-order valence-electron chi connectivity index (χ0n) is 48.0. The van der Waals surface area contributed by atoms with Crippen molar-refractivity contribution in [2.45, 2.75) is 267 Å². The van der Waals surface area contributed by atoms with E-state index in [0.29, 0.717) is 11.9 Å². The van der Waals surface area contributed by atoms with Crippen LogP contribution in [-0.4, -0.2) is 28.0 Å². The van der Waals surface area contributed by atoms with Gasteiger partial charge >= 0.3 is 0 Å². The van der Waals surface area contributed by atoms with Gasteiger partial charge in [0.1, 0.15) is 0 Å². The zero-order chi connectivity index (χ0) is 52.5. The molecule has 3 heterocycles. The van der Waals surface area contributed by atoms with E-state index in [1.165, 1.54) is 196 Å². The van der Waals surface area contributed by atoms with Gasteiger partial charge < -0.3 is 4.90 Å². The first-order valence-electron chi connectivity index (χ1n) is 31.0. The molecule has 2 aliphatic rings. The number of hydrogen-bond donors (Lipinski definition) is 0. The van der Waals surface area contributed by atoms with Gasteiger partial charge in [0.2, 0.25) is 17.8 Å². The average Bonchev–Trinajstić information content (AvgIpc) is 3.43. The highest BCUT2D eigenvalue weighted by atomic mass is 32.2. The van der Waals surface area contributed by atoms with Crippen molar-refractivity contribution in [1.82, 2.24) is 15.0 Å². The number of hydrogen-bond acceptors (Lipinski definition) is 8. The minimum Gasteiger partial charge on any atom is -0.341 e. The summed E-state index contributed by atoms with van der Waals surface area (Å²) in [5.41, 5.74) is 10.4. The Hall–Kier alpha value is -4.01. The maximum absolute atomic E-state index is 5.73. The highest BCUT2D eigenvalue weighted by molar-refractivity contribution is 8.00. The van der Waals surface area contributed by atoms with Crippen LogP contribution in [0.25, 0.3) is 0 Å². The number of unbranched alkanes of at least 4 members (excludes halogenated alkanes) is 22. The second kappa shape index (κ2) is 32.7. The summed E-state index contributed by atoms with van der Waals surface area (Å²) in [7, 11) is 0. The number of fused-ring (bicyclic) bond motifs is 4. The van der Waals surface area contributed by atoms with Gasteiger partial charge in [-0.1, -0.05) is 231 Å². The summed E-state index contributed by atoms with van der Waals surface area (Å²) in [6, 6.07) is 29.0. The molecule has 0 radical (unpaired) electrons. The van der Waals surface area contributed by atoms with Crippen molar-refractivity contribution in [2.75, 3.05) is 27.8 Å². The minimum atomic E-state index is 0.698. The molecule has 0 bridgehead atoms. The first kappa shape index (κ1) is 58.7. The van der Waals surface area contributed by atoms with E-state index < -0.39 is 0 Å². The maximum atomic E-state index is 5.73. The molecule has 6 nitrogen and oxygen atoms in total. The topological polar surface area (TPSA) is 48.4 Å². The monoisotopic (exact) mass is 1050 g/mol. The van der Waals surface area contributed by atoms with Crippen LogP contribution in [0.4, 0.5) is 40.6 Å². The van der Waals surface area contributed by atoms with Crippen LogP contribution in [0, 0.1) is 0 Å². The summed E-state index contributed by atoms with van der Waals surface area (Å²) in [4.78, 5) is 29.4. The Labute approximate surface area is 465 Å². The highest BCUT2D eigenvalue weighted by Crippen LogP contribution is 2.54. The second-order valence-electron chi connectivity index (χ2n) is 22.1. The third-order valence-corrected chi connectivity index (χ3v) is 17.8. The van der Waals surface area contributed by atoms with Gasteiger partial charge in [0.25, 0.3) is 0 Å². The SMILES string of the molecule is CCCCCCCCc1ccc2c(c1)Sc1cc(CCCCCCCC)ccc1N2c1nc(N(CCCC)CCCC)nc(N2c3ccc(CCCCCCCC)cc3Sc3cc(CCCCCCCC)ccc32)n1. The van der Waals surface area contributed by atoms with Gasteiger partial charge in [0.15, 0.2) is 0 Å². The van der Waals surface area contributed by atoms with Gasteiger partial charge in [-0.3, -0.25) is 9.80 Å². The Morgan fingerprint density at radius 1 is 0.320 bits per heavy atom. The fourth-order valence-corrected chi connectivity index (χ4v) is 13.4. The number of anilines is 7. The molecule has 2 aliphatic heterocycles. The van der Waals surface area contributed by atoms with E-state index >= 15 is 0 Å². The quantitative estimate of drug-likeness (QED) is 0.0357. The number of benzene rings is 4. The summed E-state index contributed by atoms with van der Waals surface area (Å²) in [5.74, 6) is 2.17. The van der Waals surface area contributed by atoms with Crippen LogP contribution in [0.15, 0.2) is 92.4 Å². The number of aromatic nitrogens is 3. The lowest BCUT2D eigenvalue weighted by Gasteiger charge is -2.35. The Balaban J connectivity index is 1.33. The predicted octanol–water partition coefficient (Wildman–Crippen LogP) is 21.8. The number of aryl methyl sites for hydroxylation is 4. The molecule has 408 valence electrons. The second-order valence-corrected chi connectivity index (χ2v) is 24.3. The summed E-state index contributed by atoms with van der Waals surface area (Å²) >= 11 is 3.89. The normalized spacial score (nSPS) is 12.7. The van der Waals surface area contributed by atoms with Crippen molar-refractivity contribution < 1.29 is 0 Å². The molecule has 0 aliphatic carbocycles. The van der Waals surface area contributed by atoms with Crippen LogP contribution < -0.4 is 14.7 Å². The third-order valence-electron chi connectivity index (χ3n) is 15.6. The summed E-state index contributed by atoms with van der Waals surface area (Å²) < 4.78 is 0. The molecule has 0 atom stereocenters. The lowest BCUT2D eigenvalue weighted by molar-refractivity contribution is 0.607. The van der Waals surface area contributed by atoms with Crippen LogP contribution >= 0.6 is 23.5 Å². The molecule has 5 aromatic rings. The molecule has 0 unspecified atom stereocenters. The van der Waals surface area contributed by atoms with Crippen molar-refractivity contribution in [3.8, 4) is 0 Å². The van der Waals surface area contributed by atoms with E-state index in [2.05, 4.69) is 129 Å². The fraction of sp³-hybridized carbons (Fsp3) is 0.597. The molecule has 75 heavy (non-hydrogen) atoms. The van der Waals surface area contributed by atoms with Crippen molar-refractivity contribution in [3.63, 3.8) is 0 Å². The Bertz CT molecular complexity index is 2160. The Kier molecular flexibility index (Phi) is 25.5. The zero-order valence-corrected chi connectivity index (χ0v) is 49.6. The van der Waals surface area contributed by atoms with Gasteiger partial charge in [-0.05, 0) is 135 Å². The molecule has 8 heteroatoms. The molecule has 4 aromatic carbocycles. The molecule has 0 amide bonds. The van der Waals surface area contributed by atoms with E-state index in [9.17, 15) is 0 Å². The fourth-order valence-electron chi connectivity index (χ4n) is 11.0. The lowest BCUT2D eigenvalue weighted by atomic mass is 10.0. The molecule has 1 aromatic heterocycles. The molecular formula is C67H98N6S2. The summed E-state index contributed by atoms with van der Waals surface area (Å²) in [5, 5.41) is 0. The summed E-state index contributed by atoms with van der Waals surface area (Å²) in [6.45, 7) is 15.6. The molecule has 0 fully saturated rings. The van der Waals surface area contributed by atoms with Crippen molar-refractivity contribution in [2.24, 2.45) is 0 Å². The van der Waals surface area contributed by atoms with Gasteiger partial charge in [0.05, 0.1) is 22.7 Å². The number of nitrogens with zero attached hydrogens (tertiary/aromatic N) is 6. The predicted molar refractivity (Wildman–Crippen MR) is 328 cm³/mol. The first-order valence-corrected chi connectivity index (χ1v) is 32.6. The standard InChI is InChI=1S/C67H98N6S2/c1-7-13-19-23-27-31-35-53-39-43-57-61(49-53)74-62-50-54(36-32-28-24-20-14-8-2)40-44-58(62)72(57)66-68-65(71(47-17-11-5)48-18-12-6)69-67(70-66)73-59-45-41-55(37-33-29-25-21-15-9-3)51-63(59)75-64-52-56(42-46-60(64)73)38-34-30-26-22-16-10-4/h39-46,49-52H,7-38,47-48H2,1-6H3.